The first-order valence-electron chi connectivity index (χ1n) is 10.2. The molecule has 6 heteroatoms. The Kier molecular flexibility index (Phi) is 8.89. The molecule has 0 spiro atoms. The summed E-state index contributed by atoms with van der Waals surface area (Å²) in [6.45, 7) is 5.04. The number of hydrazine groups is 1. The van der Waals surface area contributed by atoms with E-state index in [1.807, 2.05) is 0 Å². The normalized spacial score (nSPS) is 16.1. The molecule has 1 aliphatic carbocycles. The standard InChI is InChI=1S/C17H27N3O.C7H6O2/c1-12(2)14-9-7-13(8-10-14)11-20(19)17-15(18)5-4-6-16(17)21-3;8-7(9)6-4-2-1-3-5-6/h7-10,12,16H,4-6,11,18-19H2,1-3H3;1-5H,(H,8,9). The molecule has 30 heavy (non-hydrogen) atoms. The van der Waals surface area contributed by atoms with Crippen LogP contribution in [0.2, 0.25) is 0 Å². The van der Waals surface area contributed by atoms with Crippen molar-refractivity contribution in [2.45, 2.75) is 51.7 Å². The molecular formula is C24H33N3O3. The van der Waals surface area contributed by atoms with E-state index in [-0.39, 0.29) is 6.10 Å². The number of aromatic carboxylic acids is 1. The first kappa shape index (κ1) is 23.4. The van der Waals surface area contributed by atoms with E-state index in [9.17, 15) is 4.79 Å². The van der Waals surface area contributed by atoms with Gasteiger partial charge >= 0.3 is 5.97 Å². The van der Waals surface area contributed by atoms with Crippen molar-refractivity contribution in [2.24, 2.45) is 11.6 Å². The Morgan fingerprint density at radius 1 is 1.17 bits per heavy atom. The predicted octanol–water partition coefficient (Wildman–Crippen LogP) is 4.24. The van der Waals surface area contributed by atoms with Crippen LogP contribution in [0.25, 0.3) is 0 Å². The molecule has 0 radical (unpaired) electrons. The van der Waals surface area contributed by atoms with Crippen LogP contribution in [0.1, 0.15) is 60.5 Å². The summed E-state index contributed by atoms with van der Waals surface area (Å²) in [7, 11) is 1.72. The number of nitrogens with two attached hydrogens (primary N) is 2. The van der Waals surface area contributed by atoms with Gasteiger partial charge in [-0.05, 0) is 48.4 Å². The molecule has 1 unspecified atom stereocenters. The van der Waals surface area contributed by atoms with Crippen LogP contribution >= 0.6 is 0 Å². The highest BCUT2D eigenvalue weighted by Gasteiger charge is 2.25. The highest BCUT2D eigenvalue weighted by Crippen LogP contribution is 2.26. The number of carboxylic acids is 1. The van der Waals surface area contributed by atoms with Gasteiger partial charge in [0, 0.05) is 12.8 Å². The third-order valence-corrected chi connectivity index (χ3v) is 5.16. The van der Waals surface area contributed by atoms with E-state index >= 15 is 0 Å². The van der Waals surface area contributed by atoms with Crippen molar-refractivity contribution in [2.75, 3.05) is 7.11 Å². The van der Waals surface area contributed by atoms with Gasteiger partial charge in [0.25, 0.3) is 0 Å². The molecule has 0 saturated heterocycles. The second kappa shape index (κ2) is 11.4. The molecule has 0 aliphatic heterocycles. The second-order valence-electron chi connectivity index (χ2n) is 7.72. The number of methoxy groups -OCH3 is 1. The van der Waals surface area contributed by atoms with Crippen LogP contribution in [0, 0.1) is 0 Å². The van der Waals surface area contributed by atoms with Gasteiger partial charge in [-0.15, -0.1) is 0 Å². The molecule has 1 atom stereocenters. The zero-order chi connectivity index (χ0) is 22.1. The second-order valence-corrected chi connectivity index (χ2v) is 7.72. The van der Waals surface area contributed by atoms with Gasteiger partial charge in [-0.1, -0.05) is 56.3 Å². The van der Waals surface area contributed by atoms with E-state index in [0.717, 1.165) is 30.7 Å². The summed E-state index contributed by atoms with van der Waals surface area (Å²) in [5, 5.41) is 10.1. The number of nitrogens with zero attached hydrogens (tertiary/aromatic N) is 1. The topological polar surface area (TPSA) is 102 Å². The fraction of sp³-hybridized carbons (Fsp3) is 0.375. The molecule has 0 aromatic heterocycles. The molecule has 162 valence electrons. The van der Waals surface area contributed by atoms with Gasteiger partial charge in [-0.3, -0.25) is 0 Å². The van der Waals surface area contributed by atoms with E-state index in [1.165, 1.54) is 11.1 Å². The zero-order valence-corrected chi connectivity index (χ0v) is 18.0. The maximum atomic E-state index is 10.2. The van der Waals surface area contributed by atoms with E-state index in [1.54, 1.807) is 42.5 Å². The molecule has 5 N–H and O–H groups in total. The molecule has 2 aromatic rings. The Morgan fingerprint density at radius 2 is 1.80 bits per heavy atom. The van der Waals surface area contributed by atoms with Crippen LogP contribution in [0.3, 0.4) is 0 Å². The number of benzene rings is 2. The predicted molar refractivity (Wildman–Crippen MR) is 120 cm³/mol. The Balaban J connectivity index is 0.000000297. The fourth-order valence-electron chi connectivity index (χ4n) is 3.42. The highest BCUT2D eigenvalue weighted by molar-refractivity contribution is 5.87. The summed E-state index contributed by atoms with van der Waals surface area (Å²) in [5.74, 6) is 5.92. The summed E-state index contributed by atoms with van der Waals surface area (Å²) in [6.07, 6.45) is 2.95. The maximum Gasteiger partial charge on any atom is 0.335 e. The van der Waals surface area contributed by atoms with Crippen LogP contribution in [0.4, 0.5) is 0 Å². The lowest BCUT2D eigenvalue weighted by Crippen LogP contribution is -2.40. The molecule has 2 aromatic carbocycles. The quantitative estimate of drug-likeness (QED) is 0.485. The molecule has 0 saturated carbocycles. The van der Waals surface area contributed by atoms with E-state index in [0.29, 0.717) is 18.0 Å². The number of carboxylic acid groups (broad SMARTS) is 1. The molecule has 0 fully saturated rings. The monoisotopic (exact) mass is 411 g/mol. The number of hydrogen-bond donors (Lipinski definition) is 3. The van der Waals surface area contributed by atoms with E-state index in [2.05, 4.69) is 38.1 Å². The van der Waals surface area contributed by atoms with E-state index < -0.39 is 5.97 Å². The molecular weight excluding hydrogens is 378 g/mol. The molecule has 1 aliphatic rings. The largest absolute Gasteiger partial charge is 0.478 e. The number of carbonyl (C=O) groups is 1. The summed E-state index contributed by atoms with van der Waals surface area (Å²) in [6, 6.07) is 16.9. The summed E-state index contributed by atoms with van der Waals surface area (Å²) in [4.78, 5) is 10.2. The van der Waals surface area contributed by atoms with Crippen molar-refractivity contribution in [1.82, 2.24) is 5.01 Å². The van der Waals surface area contributed by atoms with Gasteiger partial charge in [0.2, 0.25) is 0 Å². The summed E-state index contributed by atoms with van der Waals surface area (Å²) in [5.41, 5.74) is 10.8. The average molecular weight is 412 g/mol. The minimum absolute atomic E-state index is 0.0127. The third kappa shape index (κ3) is 6.61. The van der Waals surface area contributed by atoms with E-state index in [4.69, 9.17) is 21.4 Å². The van der Waals surface area contributed by atoms with Crippen LogP contribution in [0.5, 0.6) is 0 Å². The van der Waals surface area contributed by atoms with Gasteiger partial charge in [0.05, 0.1) is 23.9 Å². The van der Waals surface area contributed by atoms with Crippen molar-refractivity contribution in [3.63, 3.8) is 0 Å². The highest BCUT2D eigenvalue weighted by atomic mass is 16.5. The molecule has 0 heterocycles. The van der Waals surface area contributed by atoms with Gasteiger partial charge in [-0.25, -0.2) is 10.6 Å². The van der Waals surface area contributed by atoms with Crippen molar-refractivity contribution in [1.29, 1.82) is 0 Å². The average Bonchev–Trinajstić information content (AvgIpc) is 2.74. The first-order valence-corrected chi connectivity index (χ1v) is 10.2. The Morgan fingerprint density at radius 3 is 2.30 bits per heavy atom. The lowest BCUT2D eigenvalue weighted by molar-refractivity contribution is 0.0697. The number of ether oxygens (including phenoxy) is 1. The van der Waals surface area contributed by atoms with Crippen molar-refractivity contribution < 1.29 is 14.6 Å². The third-order valence-electron chi connectivity index (χ3n) is 5.16. The van der Waals surface area contributed by atoms with Crippen LogP contribution < -0.4 is 11.6 Å². The fourth-order valence-corrected chi connectivity index (χ4v) is 3.42. The first-order chi connectivity index (χ1) is 14.3. The molecule has 3 rings (SSSR count). The number of hydrogen-bond acceptors (Lipinski definition) is 5. The number of allylic oxidation sites excluding steroid dienone is 1. The molecule has 0 bridgehead atoms. The van der Waals surface area contributed by atoms with Crippen LogP contribution in [-0.4, -0.2) is 29.3 Å². The van der Waals surface area contributed by atoms with Gasteiger partial charge in [-0.2, -0.15) is 0 Å². The molecule has 6 nitrogen and oxygen atoms in total. The Bertz CT molecular complexity index is 833. The van der Waals surface area contributed by atoms with Gasteiger partial charge < -0.3 is 20.6 Å². The smallest absolute Gasteiger partial charge is 0.335 e. The minimum atomic E-state index is -0.879. The maximum absolute atomic E-state index is 10.2. The lowest BCUT2D eigenvalue weighted by atomic mass is 9.97. The van der Waals surface area contributed by atoms with Crippen molar-refractivity contribution in [3.05, 3.63) is 82.7 Å². The van der Waals surface area contributed by atoms with Crippen LogP contribution in [0.15, 0.2) is 66.0 Å². The Labute approximate surface area is 179 Å². The Hall–Kier alpha value is -2.83. The van der Waals surface area contributed by atoms with Crippen molar-refractivity contribution in [3.8, 4) is 0 Å². The summed E-state index contributed by atoms with van der Waals surface area (Å²) < 4.78 is 5.52. The van der Waals surface area contributed by atoms with Gasteiger partial charge in [0.15, 0.2) is 0 Å². The zero-order valence-electron chi connectivity index (χ0n) is 18.0. The number of rotatable bonds is 6. The summed E-state index contributed by atoms with van der Waals surface area (Å²) >= 11 is 0. The minimum Gasteiger partial charge on any atom is -0.478 e. The SMILES string of the molecule is COC1CCCC(N)=C1N(N)Cc1ccc(C(C)C)cc1.O=C(O)c1ccccc1. The molecule has 0 amide bonds. The van der Waals surface area contributed by atoms with Crippen molar-refractivity contribution >= 4 is 5.97 Å². The lowest BCUT2D eigenvalue weighted by Gasteiger charge is -2.32. The van der Waals surface area contributed by atoms with Crippen LogP contribution in [-0.2, 0) is 11.3 Å². The van der Waals surface area contributed by atoms with Gasteiger partial charge in [0.1, 0.15) is 0 Å².